The number of aryl methyl sites for hydroxylation is 1. The molecule has 0 bridgehead atoms. The number of piperidine rings is 1. The number of ether oxygens (including phenoxy) is 1. The lowest BCUT2D eigenvalue weighted by atomic mass is 9.98. The van der Waals surface area contributed by atoms with Gasteiger partial charge in [-0.2, -0.15) is 0 Å². The van der Waals surface area contributed by atoms with E-state index in [-0.39, 0.29) is 0 Å². The van der Waals surface area contributed by atoms with Crippen molar-refractivity contribution in [3.8, 4) is 28.2 Å². The summed E-state index contributed by atoms with van der Waals surface area (Å²) in [6.45, 7) is 6.18. The Morgan fingerprint density at radius 3 is 2.61 bits per heavy atom. The Labute approximate surface area is 183 Å². The SMILES string of the molecule is Cc1ccnc2oc(-c3ccc(OCCN4CCCCC4)cc3)c(-c3cc#ccc3)c12. The number of aromatic nitrogens is 1. The highest BCUT2D eigenvalue weighted by molar-refractivity contribution is 6.02. The molecule has 31 heavy (non-hydrogen) atoms. The molecule has 1 aliphatic heterocycles. The molecule has 3 heterocycles. The number of fused-ring (bicyclic) bond motifs is 1. The number of pyridine rings is 1. The molecule has 0 unspecified atom stereocenters. The summed E-state index contributed by atoms with van der Waals surface area (Å²) in [6, 6.07) is 22.1. The molecule has 4 heteroatoms. The minimum absolute atomic E-state index is 0.652. The Balaban J connectivity index is 1.41. The molecule has 4 aromatic rings. The molecule has 0 saturated carbocycles. The molecule has 0 N–H and O–H groups in total. The third-order valence-corrected chi connectivity index (χ3v) is 5.99. The number of furan rings is 1. The summed E-state index contributed by atoms with van der Waals surface area (Å²) < 4.78 is 12.2. The fraction of sp³-hybridized carbons (Fsp3) is 0.296. The summed E-state index contributed by atoms with van der Waals surface area (Å²) in [6.07, 6.45) is 5.76. The van der Waals surface area contributed by atoms with E-state index in [1.165, 1.54) is 32.4 Å². The van der Waals surface area contributed by atoms with Crippen LogP contribution in [0.1, 0.15) is 24.8 Å². The maximum absolute atomic E-state index is 6.24. The van der Waals surface area contributed by atoms with Gasteiger partial charge in [-0.25, -0.2) is 4.98 Å². The van der Waals surface area contributed by atoms with Gasteiger partial charge in [0, 0.05) is 23.9 Å². The van der Waals surface area contributed by atoms with Crippen molar-refractivity contribution in [2.45, 2.75) is 26.2 Å². The lowest BCUT2D eigenvalue weighted by Gasteiger charge is -2.26. The molecule has 1 fully saturated rings. The van der Waals surface area contributed by atoms with Crippen LogP contribution in [0, 0.1) is 19.1 Å². The van der Waals surface area contributed by atoms with Gasteiger partial charge >= 0.3 is 0 Å². The second kappa shape index (κ2) is 8.83. The third kappa shape index (κ3) is 4.15. The lowest BCUT2D eigenvalue weighted by molar-refractivity contribution is 0.183. The third-order valence-electron chi connectivity index (χ3n) is 5.99. The number of rotatable bonds is 6. The van der Waals surface area contributed by atoms with Gasteiger partial charge in [0.1, 0.15) is 18.1 Å². The number of benzene rings is 1. The number of likely N-dealkylation sites (tertiary alicyclic amines) is 1. The van der Waals surface area contributed by atoms with E-state index < -0.39 is 0 Å². The highest BCUT2D eigenvalue weighted by Crippen LogP contribution is 2.41. The van der Waals surface area contributed by atoms with Crippen molar-refractivity contribution in [2.24, 2.45) is 0 Å². The van der Waals surface area contributed by atoms with Crippen molar-refractivity contribution in [2.75, 3.05) is 26.2 Å². The molecule has 0 amide bonds. The standard InChI is InChI=1S/C27H26N2O2/c1-20-14-15-28-27-24(20)25(21-8-4-2-5-9-21)26(31-27)22-10-12-23(13-11-22)30-19-18-29-16-6-3-7-17-29/h4,8-15H,3,6-7,16-19H2,1H3. The summed E-state index contributed by atoms with van der Waals surface area (Å²) >= 11 is 0. The molecule has 2 aromatic heterocycles. The first-order valence-electron chi connectivity index (χ1n) is 11.0. The normalized spacial score (nSPS) is 14.5. The van der Waals surface area contributed by atoms with Gasteiger partial charge in [-0.15, -0.1) is 0 Å². The summed E-state index contributed by atoms with van der Waals surface area (Å²) in [5.41, 5.74) is 4.89. The van der Waals surface area contributed by atoms with Crippen molar-refractivity contribution in [3.63, 3.8) is 0 Å². The zero-order valence-corrected chi connectivity index (χ0v) is 17.9. The molecular weight excluding hydrogens is 384 g/mol. The van der Waals surface area contributed by atoms with Crippen LogP contribution in [0.25, 0.3) is 33.6 Å². The summed E-state index contributed by atoms with van der Waals surface area (Å²) in [4.78, 5) is 6.95. The zero-order valence-electron chi connectivity index (χ0n) is 17.9. The van der Waals surface area contributed by atoms with Crippen LogP contribution in [-0.2, 0) is 0 Å². The van der Waals surface area contributed by atoms with Crippen molar-refractivity contribution in [3.05, 3.63) is 72.4 Å². The maximum atomic E-state index is 6.24. The van der Waals surface area contributed by atoms with Crippen LogP contribution in [0.4, 0.5) is 0 Å². The van der Waals surface area contributed by atoms with E-state index in [0.717, 1.165) is 45.7 Å². The van der Waals surface area contributed by atoms with E-state index >= 15 is 0 Å². The number of hydrogen-bond acceptors (Lipinski definition) is 4. The Hall–Kier alpha value is -3.29. The summed E-state index contributed by atoms with van der Waals surface area (Å²) in [5.74, 6) is 1.70. The molecular formula is C27H26N2O2. The fourth-order valence-electron chi connectivity index (χ4n) is 4.34. The summed E-state index contributed by atoms with van der Waals surface area (Å²) in [7, 11) is 0. The maximum Gasteiger partial charge on any atom is 0.227 e. The highest BCUT2D eigenvalue weighted by atomic mass is 16.5. The van der Waals surface area contributed by atoms with Crippen molar-refractivity contribution >= 4 is 11.1 Å². The van der Waals surface area contributed by atoms with E-state index in [0.29, 0.717) is 12.3 Å². The van der Waals surface area contributed by atoms with Gasteiger partial charge in [0.15, 0.2) is 0 Å². The molecule has 2 aromatic carbocycles. The average Bonchev–Trinajstić information content (AvgIpc) is 3.22. The van der Waals surface area contributed by atoms with Gasteiger partial charge in [-0.1, -0.05) is 18.6 Å². The summed E-state index contributed by atoms with van der Waals surface area (Å²) in [5, 5.41) is 1.04. The van der Waals surface area contributed by atoms with Crippen molar-refractivity contribution < 1.29 is 9.15 Å². The van der Waals surface area contributed by atoms with Crippen molar-refractivity contribution in [1.82, 2.24) is 9.88 Å². The van der Waals surface area contributed by atoms with Gasteiger partial charge < -0.3 is 9.15 Å². The quantitative estimate of drug-likeness (QED) is 0.395. The molecule has 0 aliphatic carbocycles. The van der Waals surface area contributed by atoms with Gasteiger partial charge in [0.05, 0.1) is 5.39 Å². The molecule has 0 atom stereocenters. The lowest BCUT2D eigenvalue weighted by Crippen LogP contribution is -2.33. The first-order valence-corrected chi connectivity index (χ1v) is 11.0. The molecule has 1 aliphatic rings. The van der Waals surface area contributed by atoms with Crippen LogP contribution < -0.4 is 4.74 Å². The Bertz CT molecular complexity index is 1140. The minimum atomic E-state index is 0.652. The molecule has 156 valence electrons. The van der Waals surface area contributed by atoms with Gasteiger partial charge in [0.2, 0.25) is 5.71 Å². The topological polar surface area (TPSA) is 38.5 Å². The zero-order chi connectivity index (χ0) is 21.0. The van der Waals surface area contributed by atoms with E-state index in [9.17, 15) is 0 Å². The van der Waals surface area contributed by atoms with Crippen LogP contribution in [0.2, 0.25) is 0 Å². The van der Waals surface area contributed by atoms with Gasteiger partial charge in [0.25, 0.3) is 0 Å². The second-order valence-corrected chi connectivity index (χ2v) is 8.11. The van der Waals surface area contributed by atoms with E-state index in [1.807, 2.05) is 36.4 Å². The van der Waals surface area contributed by atoms with Crippen LogP contribution in [0.15, 0.2) is 59.1 Å². The Morgan fingerprint density at radius 2 is 1.84 bits per heavy atom. The minimum Gasteiger partial charge on any atom is -0.492 e. The monoisotopic (exact) mass is 410 g/mol. The van der Waals surface area contributed by atoms with E-state index in [4.69, 9.17) is 9.15 Å². The van der Waals surface area contributed by atoms with E-state index in [2.05, 4.69) is 41.1 Å². The Kier molecular flexibility index (Phi) is 5.60. The fourth-order valence-corrected chi connectivity index (χ4v) is 4.34. The van der Waals surface area contributed by atoms with Crippen LogP contribution >= 0.6 is 0 Å². The largest absolute Gasteiger partial charge is 0.492 e. The molecule has 5 rings (SSSR count). The smallest absolute Gasteiger partial charge is 0.227 e. The first kappa shape index (κ1) is 19.7. The molecule has 4 nitrogen and oxygen atoms in total. The Morgan fingerprint density at radius 1 is 1.00 bits per heavy atom. The highest BCUT2D eigenvalue weighted by Gasteiger charge is 2.20. The van der Waals surface area contributed by atoms with Gasteiger partial charge in [-0.3, -0.25) is 4.90 Å². The van der Waals surface area contributed by atoms with Crippen LogP contribution in [0.3, 0.4) is 0 Å². The number of hydrogen-bond donors (Lipinski definition) is 0. The van der Waals surface area contributed by atoms with Crippen LogP contribution in [-0.4, -0.2) is 36.1 Å². The molecule has 1 saturated heterocycles. The van der Waals surface area contributed by atoms with E-state index in [1.54, 1.807) is 6.20 Å². The second-order valence-electron chi connectivity index (χ2n) is 8.11. The first-order chi connectivity index (χ1) is 15.3. The predicted molar refractivity (Wildman–Crippen MR) is 123 cm³/mol. The number of nitrogens with zero attached hydrogens (tertiary/aromatic N) is 2. The molecule has 0 radical (unpaired) electrons. The van der Waals surface area contributed by atoms with Gasteiger partial charge in [-0.05, 0) is 92.5 Å². The average molecular weight is 411 g/mol. The van der Waals surface area contributed by atoms with Crippen molar-refractivity contribution in [1.29, 1.82) is 0 Å². The molecule has 0 spiro atoms. The predicted octanol–water partition coefficient (Wildman–Crippen LogP) is 5.94. The van der Waals surface area contributed by atoms with Crippen LogP contribution in [0.5, 0.6) is 5.75 Å².